The van der Waals surface area contributed by atoms with Crippen molar-refractivity contribution >= 4 is 34.6 Å². The molecule has 0 unspecified atom stereocenters. The van der Waals surface area contributed by atoms with E-state index < -0.39 is 53.2 Å². The van der Waals surface area contributed by atoms with E-state index >= 15 is 0 Å². The number of alkyl carbamates (subject to hydrolysis) is 1. The van der Waals surface area contributed by atoms with Crippen LogP contribution in [0, 0.1) is 0 Å². The zero-order chi connectivity index (χ0) is 32.4. The fourth-order valence-electron chi connectivity index (χ4n) is 5.73. The quantitative estimate of drug-likeness (QED) is 0.313. The fraction of sp³-hybridized carbons (Fsp3) is 0.441. The Balaban J connectivity index is 1.78. The van der Waals surface area contributed by atoms with Gasteiger partial charge in [0.05, 0.1) is 11.5 Å². The van der Waals surface area contributed by atoms with Crippen LogP contribution < -0.4 is 15.7 Å². The van der Waals surface area contributed by atoms with E-state index in [0.717, 1.165) is 10.4 Å². The molecule has 0 saturated carbocycles. The van der Waals surface area contributed by atoms with Crippen LogP contribution in [-0.4, -0.2) is 58.4 Å². The number of ether oxygens (including phenoxy) is 3. The Hall–Kier alpha value is -3.02. The topological polar surface area (TPSA) is 100 Å². The third-order valence-electron chi connectivity index (χ3n) is 7.47. The Morgan fingerprint density at radius 2 is 1.32 bits per heavy atom. The Labute approximate surface area is 263 Å². The van der Waals surface area contributed by atoms with Gasteiger partial charge >= 0.3 is 6.09 Å². The van der Waals surface area contributed by atoms with Gasteiger partial charge in [0.15, 0.2) is 11.2 Å². The summed E-state index contributed by atoms with van der Waals surface area (Å²) in [6.45, 7) is 15.1. The molecule has 0 spiro atoms. The van der Waals surface area contributed by atoms with E-state index in [1.165, 1.54) is 12.1 Å². The minimum absolute atomic E-state index is 0.0260. The average molecular weight is 640 g/mol. The minimum Gasteiger partial charge on any atom is -0.444 e. The van der Waals surface area contributed by atoms with E-state index in [-0.39, 0.29) is 16.5 Å². The van der Waals surface area contributed by atoms with Crippen LogP contribution in [0.25, 0.3) is 0 Å². The Morgan fingerprint density at radius 3 is 1.77 bits per heavy atom. The second kappa shape index (κ2) is 12.8. The average Bonchev–Trinajstić information content (AvgIpc) is 3.25. The highest BCUT2D eigenvalue weighted by Crippen LogP contribution is 2.39. The number of rotatable bonds is 9. The van der Waals surface area contributed by atoms with Crippen LogP contribution in [0.3, 0.4) is 0 Å². The van der Waals surface area contributed by atoms with Crippen LogP contribution in [0.15, 0.2) is 95.9 Å². The number of amides is 1. The lowest BCUT2D eigenvalue weighted by molar-refractivity contribution is -0.149. The molecule has 10 heteroatoms. The summed E-state index contributed by atoms with van der Waals surface area (Å²) >= 11 is 0. The maximum atomic E-state index is 14.1. The van der Waals surface area contributed by atoms with Crippen LogP contribution in [0.5, 0.6) is 0 Å². The van der Waals surface area contributed by atoms with Crippen LogP contribution >= 0.6 is 0 Å². The first kappa shape index (κ1) is 33.9. The van der Waals surface area contributed by atoms with Crippen molar-refractivity contribution in [3.8, 4) is 0 Å². The molecule has 8 nitrogen and oxygen atoms in total. The van der Waals surface area contributed by atoms with Gasteiger partial charge in [0.1, 0.15) is 17.8 Å². The number of carbonyl (C=O) groups excluding carboxylic acids is 1. The SMILES string of the molecule is CC(C)(C)OC(=O)N[C@@H]([C@@H]1OC(C)(C)O[C@@H]1CO[Si](c1ccccc1)(c1ccccc1)C(C)(C)C)S(=O)(=O)c1ccccc1. The molecule has 1 fully saturated rings. The molecule has 0 bridgehead atoms. The summed E-state index contributed by atoms with van der Waals surface area (Å²) in [5, 5.41) is 2.94. The third-order valence-corrected chi connectivity index (χ3v) is 14.5. The molecule has 1 N–H and O–H groups in total. The predicted octanol–water partition coefficient (Wildman–Crippen LogP) is 5.41. The first-order valence-electron chi connectivity index (χ1n) is 14.9. The maximum absolute atomic E-state index is 14.1. The summed E-state index contributed by atoms with van der Waals surface area (Å²) < 4.78 is 53.5. The number of hydrogen-bond acceptors (Lipinski definition) is 7. The summed E-state index contributed by atoms with van der Waals surface area (Å²) in [6.07, 6.45) is -2.83. The van der Waals surface area contributed by atoms with Crippen LogP contribution in [0.4, 0.5) is 4.79 Å². The van der Waals surface area contributed by atoms with Gasteiger partial charge < -0.3 is 24.0 Å². The van der Waals surface area contributed by atoms with Gasteiger partial charge in [-0.25, -0.2) is 13.2 Å². The maximum Gasteiger partial charge on any atom is 0.408 e. The van der Waals surface area contributed by atoms with Crippen molar-refractivity contribution in [1.29, 1.82) is 0 Å². The highest BCUT2D eigenvalue weighted by Gasteiger charge is 2.54. The Kier molecular flexibility index (Phi) is 9.82. The van der Waals surface area contributed by atoms with E-state index in [1.807, 2.05) is 36.4 Å². The second-order valence-corrected chi connectivity index (χ2v) is 19.9. The smallest absolute Gasteiger partial charge is 0.408 e. The van der Waals surface area contributed by atoms with Gasteiger partial charge in [-0.2, -0.15) is 0 Å². The second-order valence-electron chi connectivity index (χ2n) is 13.5. The molecular weight excluding hydrogens is 595 g/mol. The van der Waals surface area contributed by atoms with Crippen molar-refractivity contribution in [1.82, 2.24) is 5.32 Å². The van der Waals surface area contributed by atoms with Gasteiger partial charge in [-0.3, -0.25) is 0 Å². The van der Waals surface area contributed by atoms with Crippen molar-refractivity contribution in [2.24, 2.45) is 0 Å². The molecule has 3 aromatic rings. The van der Waals surface area contributed by atoms with Crippen molar-refractivity contribution in [3.05, 3.63) is 91.0 Å². The molecule has 4 rings (SSSR count). The number of carbonyl (C=O) groups is 1. The first-order chi connectivity index (χ1) is 20.5. The molecule has 1 aliphatic rings. The van der Waals surface area contributed by atoms with Crippen molar-refractivity contribution in [2.75, 3.05) is 6.61 Å². The highest BCUT2D eigenvalue weighted by molar-refractivity contribution is 7.92. The molecule has 1 aliphatic heterocycles. The van der Waals surface area contributed by atoms with Crippen molar-refractivity contribution in [3.63, 3.8) is 0 Å². The molecule has 1 amide bonds. The lowest BCUT2D eigenvalue weighted by Gasteiger charge is -2.43. The largest absolute Gasteiger partial charge is 0.444 e. The van der Waals surface area contributed by atoms with E-state index in [1.54, 1.807) is 52.8 Å². The zero-order valence-corrected chi connectivity index (χ0v) is 28.7. The van der Waals surface area contributed by atoms with Gasteiger partial charge in [-0.05, 0) is 62.2 Å². The predicted molar refractivity (Wildman–Crippen MR) is 174 cm³/mol. The summed E-state index contributed by atoms with van der Waals surface area (Å²) in [6, 6.07) is 28.3. The molecule has 0 radical (unpaired) electrons. The molecule has 1 saturated heterocycles. The summed E-state index contributed by atoms with van der Waals surface area (Å²) in [5.41, 5.74) is -0.844. The Morgan fingerprint density at radius 1 is 0.841 bits per heavy atom. The minimum atomic E-state index is -4.17. The number of nitrogens with one attached hydrogen (secondary N) is 1. The van der Waals surface area contributed by atoms with E-state index in [0.29, 0.717) is 0 Å². The number of benzene rings is 3. The standard InChI is InChI=1S/C34H45NO7SSi/c1-32(2,3)42-31(36)35-30(43(37,38)25-18-12-9-13-19-25)29-28(40-34(7,8)41-29)24-39-44(33(4,5)6,26-20-14-10-15-21-26)27-22-16-11-17-23-27/h9-23,28-30H,24H2,1-8H3,(H,35,36)/t28-,29-,30-/m1/s1. The fourth-order valence-corrected chi connectivity index (χ4v) is 12.0. The number of hydrogen-bond donors (Lipinski definition) is 1. The van der Waals surface area contributed by atoms with Crippen LogP contribution in [-0.2, 0) is 28.5 Å². The lowest BCUT2D eigenvalue weighted by Crippen LogP contribution is -2.67. The van der Waals surface area contributed by atoms with Crippen molar-refractivity contribution in [2.45, 2.75) is 94.3 Å². The van der Waals surface area contributed by atoms with Crippen LogP contribution in [0.1, 0.15) is 55.4 Å². The highest BCUT2D eigenvalue weighted by atomic mass is 32.2. The Bertz CT molecular complexity index is 1460. The normalized spacial score (nSPS) is 19.7. The molecule has 44 heavy (non-hydrogen) atoms. The molecule has 3 aromatic carbocycles. The van der Waals surface area contributed by atoms with E-state index in [4.69, 9.17) is 18.6 Å². The van der Waals surface area contributed by atoms with Crippen LogP contribution in [0.2, 0.25) is 5.04 Å². The van der Waals surface area contributed by atoms with Gasteiger partial charge in [-0.15, -0.1) is 0 Å². The number of sulfone groups is 1. The first-order valence-corrected chi connectivity index (χ1v) is 18.3. The molecular formula is C34H45NO7SSi. The molecule has 1 heterocycles. The third kappa shape index (κ3) is 7.43. The summed E-state index contributed by atoms with van der Waals surface area (Å²) in [7, 11) is -7.16. The molecule has 3 atom stereocenters. The monoisotopic (exact) mass is 639 g/mol. The molecule has 0 aromatic heterocycles. The van der Waals surface area contributed by atoms with Gasteiger partial charge in [0.25, 0.3) is 8.32 Å². The summed E-state index contributed by atoms with van der Waals surface area (Å²) in [5.74, 6) is -1.15. The summed E-state index contributed by atoms with van der Waals surface area (Å²) in [4.78, 5) is 13.1. The zero-order valence-electron chi connectivity index (χ0n) is 26.9. The van der Waals surface area contributed by atoms with E-state index in [9.17, 15) is 13.2 Å². The van der Waals surface area contributed by atoms with Crippen molar-refractivity contribution < 1.29 is 31.8 Å². The van der Waals surface area contributed by atoms with E-state index in [2.05, 4.69) is 50.4 Å². The lowest BCUT2D eigenvalue weighted by atomic mass is 10.2. The van der Waals surface area contributed by atoms with Gasteiger partial charge in [0, 0.05) is 0 Å². The molecule has 238 valence electrons. The molecule has 0 aliphatic carbocycles. The van der Waals surface area contributed by atoms with Gasteiger partial charge in [-0.1, -0.05) is 99.6 Å². The van der Waals surface area contributed by atoms with Gasteiger partial charge in [0.2, 0.25) is 9.84 Å².